The van der Waals surface area contributed by atoms with E-state index in [-0.39, 0.29) is 31.1 Å². The average molecular weight is 907 g/mol. The molecule has 0 saturated carbocycles. The standard InChI is InChI=1S/C59H102O6/c1-4-7-10-13-16-19-22-25-28-29-32-34-37-40-43-46-49-52-58(61)64-55-56(65-59(62)53-50-47-44-41-38-35-31-27-24-21-18-15-12-9-6-3)54-63-57(60)51-48-45-42-39-36-33-30-26-23-20-17-14-11-8-5-2/h7,9-10,12,16,18-19,21,25,27-28,31,56H,4-6,8,11,13-15,17,20,22-24,26,29-30,32-55H2,1-3H3/b10-7-,12-9-,19-16-,21-18-,28-25-,31-27-. The Morgan fingerprint density at radius 1 is 0.323 bits per heavy atom. The van der Waals surface area contributed by atoms with Crippen molar-refractivity contribution in [3.8, 4) is 0 Å². The van der Waals surface area contributed by atoms with Crippen LogP contribution >= 0.6 is 0 Å². The lowest BCUT2D eigenvalue weighted by molar-refractivity contribution is -0.167. The fourth-order valence-electron chi connectivity index (χ4n) is 7.65. The number of unbranched alkanes of at least 4 members (excludes halogenated alkanes) is 26. The van der Waals surface area contributed by atoms with Crippen LogP contribution in [0.3, 0.4) is 0 Å². The highest BCUT2D eigenvalue weighted by atomic mass is 16.6. The molecule has 0 bridgehead atoms. The van der Waals surface area contributed by atoms with Crippen LogP contribution in [-0.4, -0.2) is 37.2 Å². The van der Waals surface area contributed by atoms with Crippen molar-refractivity contribution in [3.05, 3.63) is 72.9 Å². The summed E-state index contributed by atoms with van der Waals surface area (Å²) in [5.41, 5.74) is 0. The molecule has 0 rings (SSSR count). The Kier molecular flexibility index (Phi) is 50.9. The fourth-order valence-corrected chi connectivity index (χ4v) is 7.65. The summed E-state index contributed by atoms with van der Waals surface area (Å²) >= 11 is 0. The van der Waals surface area contributed by atoms with Gasteiger partial charge >= 0.3 is 17.9 Å². The molecule has 65 heavy (non-hydrogen) atoms. The summed E-state index contributed by atoms with van der Waals surface area (Å²) in [5.74, 6) is -0.904. The highest BCUT2D eigenvalue weighted by molar-refractivity contribution is 5.71. The molecule has 0 heterocycles. The molecule has 0 saturated heterocycles. The van der Waals surface area contributed by atoms with Crippen LogP contribution in [0.1, 0.15) is 265 Å². The average Bonchev–Trinajstić information content (AvgIpc) is 3.30. The van der Waals surface area contributed by atoms with Crippen molar-refractivity contribution in [1.82, 2.24) is 0 Å². The van der Waals surface area contributed by atoms with E-state index in [1.54, 1.807) is 0 Å². The maximum atomic E-state index is 12.8. The molecular formula is C59H102O6. The molecule has 6 nitrogen and oxygen atoms in total. The minimum Gasteiger partial charge on any atom is -0.462 e. The van der Waals surface area contributed by atoms with Crippen LogP contribution in [0.5, 0.6) is 0 Å². The molecule has 374 valence electrons. The lowest BCUT2D eigenvalue weighted by Gasteiger charge is -2.18. The van der Waals surface area contributed by atoms with Crippen molar-refractivity contribution in [2.75, 3.05) is 13.2 Å². The predicted octanol–water partition coefficient (Wildman–Crippen LogP) is 18.2. The summed E-state index contributed by atoms with van der Waals surface area (Å²) in [6.07, 6.45) is 67.4. The first-order chi connectivity index (χ1) is 32.0. The van der Waals surface area contributed by atoms with E-state index < -0.39 is 6.10 Å². The molecule has 0 amide bonds. The molecule has 0 radical (unpaired) electrons. The number of carbonyl (C=O) groups is 3. The fraction of sp³-hybridized carbons (Fsp3) is 0.746. The monoisotopic (exact) mass is 907 g/mol. The van der Waals surface area contributed by atoms with Crippen molar-refractivity contribution in [1.29, 1.82) is 0 Å². The number of allylic oxidation sites excluding steroid dienone is 12. The maximum Gasteiger partial charge on any atom is 0.306 e. The number of rotatable bonds is 49. The van der Waals surface area contributed by atoms with Gasteiger partial charge in [-0.25, -0.2) is 0 Å². The second-order valence-corrected chi connectivity index (χ2v) is 18.1. The van der Waals surface area contributed by atoms with Gasteiger partial charge in [0.1, 0.15) is 13.2 Å². The lowest BCUT2D eigenvalue weighted by atomic mass is 10.0. The molecule has 0 aliphatic carbocycles. The van der Waals surface area contributed by atoms with Crippen LogP contribution in [0.2, 0.25) is 0 Å². The summed E-state index contributed by atoms with van der Waals surface area (Å²) in [5, 5.41) is 0. The first kappa shape index (κ1) is 61.9. The molecule has 0 aromatic rings. The van der Waals surface area contributed by atoms with Gasteiger partial charge in [-0.05, 0) is 83.5 Å². The van der Waals surface area contributed by atoms with Gasteiger partial charge in [0.05, 0.1) is 0 Å². The van der Waals surface area contributed by atoms with Gasteiger partial charge in [-0.3, -0.25) is 14.4 Å². The Bertz CT molecular complexity index is 1230. The minimum atomic E-state index is -0.787. The van der Waals surface area contributed by atoms with Crippen molar-refractivity contribution in [3.63, 3.8) is 0 Å². The third kappa shape index (κ3) is 51.7. The molecule has 0 spiro atoms. The molecule has 0 fully saturated rings. The zero-order valence-corrected chi connectivity index (χ0v) is 42.7. The van der Waals surface area contributed by atoms with Gasteiger partial charge in [0.25, 0.3) is 0 Å². The van der Waals surface area contributed by atoms with E-state index in [9.17, 15) is 14.4 Å². The van der Waals surface area contributed by atoms with Crippen LogP contribution in [-0.2, 0) is 28.6 Å². The van der Waals surface area contributed by atoms with Crippen molar-refractivity contribution in [2.24, 2.45) is 0 Å². The van der Waals surface area contributed by atoms with Gasteiger partial charge in [0, 0.05) is 19.3 Å². The highest BCUT2D eigenvalue weighted by Gasteiger charge is 2.19. The minimum absolute atomic E-state index is 0.0837. The van der Waals surface area contributed by atoms with Crippen LogP contribution in [0, 0.1) is 0 Å². The quantitative estimate of drug-likeness (QED) is 0.0262. The Balaban J connectivity index is 4.40. The van der Waals surface area contributed by atoms with Gasteiger partial charge in [-0.2, -0.15) is 0 Å². The van der Waals surface area contributed by atoms with Crippen molar-refractivity contribution >= 4 is 17.9 Å². The molecule has 0 aliphatic rings. The Morgan fingerprint density at radius 2 is 0.600 bits per heavy atom. The highest BCUT2D eigenvalue weighted by Crippen LogP contribution is 2.16. The summed E-state index contributed by atoms with van der Waals surface area (Å²) in [6, 6.07) is 0. The molecule has 0 aromatic carbocycles. The van der Waals surface area contributed by atoms with E-state index in [1.807, 2.05) is 0 Å². The summed E-state index contributed by atoms with van der Waals surface area (Å²) < 4.78 is 16.8. The smallest absolute Gasteiger partial charge is 0.306 e. The zero-order valence-electron chi connectivity index (χ0n) is 42.7. The number of hydrogen-bond acceptors (Lipinski definition) is 6. The van der Waals surface area contributed by atoms with Crippen LogP contribution in [0.4, 0.5) is 0 Å². The molecular weight excluding hydrogens is 805 g/mol. The normalized spacial score (nSPS) is 12.6. The van der Waals surface area contributed by atoms with Gasteiger partial charge in [0.15, 0.2) is 6.10 Å². The van der Waals surface area contributed by atoms with Crippen LogP contribution in [0.25, 0.3) is 0 Å². The summed E-state index contributed by atoms with van der Waals surface area (Å²) in [6.45, 7) is 6.41. The molecule has 0 aromatic heterocycles. The Labute approximate surface area is 402 Å². The number of hydrogen-bond donors (Lipinski definition) is 0. The number of esters is 3. The van der Waals surface area contributed by atoms with E-state index in [0.29, 0.717) is 19.3 Å². The zero-order chi connectivity index (χ0) is 47.2. The first-order valence-corrected chi connectivity index (χ1v) is 27.4. The van der Waals surface area contributed by atoms with E-state index in [2.05, 4.69) is 93.7 Å². The van der Waals surface area contributed by atoms with Crippen LogP contribution in [0.15, 0.2) is 72.9 Å². The molecule has 1 unspecified atom stereocenters. The topological polar surface area (TPSA) is 78.9 Å². The molecule has 1 atom stereocenters. The van der Waals surface area contributed by atoms with Crippen LogP contribution < -0.4 is 0 Å². The van der Waals surface area contributed by atoms with Gasteiger partial charge in [-0.1, -0.05) is 235 Å². The third-order valence-electron chi connectivity index (χ3n) is 11.7. The van der Waals surface area contributed by atoms with E-state index in [0.717, 1.165) is 122 Å². The molecule has 0 aliphatic heterocycles. The molecule has 0 N–H and O–H groups in total. The maximum absolute atomic E-state index is 12.8. The number of carbonyl (C=O) groups excluding carboxylic acids is 3. The predicted molar refractivity (Wildman–Crippen MR) is 279 cm³/mol. The van der Waals surface area contributed by atoms with Gasteiger partial charge < -0.3 is 14.2 Å². The Hall–Kier alpha value is -3.15. The largest absolute Gasteiger partial charge is 0.462 e. The van der Waals surface area contributed by atoms with E-state index in [4.69, 9.17) is 14.2 Å². The lowest BCUT2D eigenvalue weighted by Crippen LogP contribution is -2.30. The van der Waals surface area contributed by atoms with Gasteiger partial charge in [-0.15, -0.1) is 0 Å². The van der Waals surface area contributed by atoms with Crippen molar-refractivity contribution in [2.45, 2.75) is 271 Å². The summed E-state index contributed by atoms with van der Waals surface area (Å²) in [7, 11) is 0. The van der Waals surface area contributed by atoms with Gasteiger partial charge in [0.2, 0.25) is 0 Å². The third-order valence-corrected chi connectivity index (χ3v) is 11.7. The number of ether oxygens (including phenoxy) is 3. The second kappa shape index (κ2) is 53.5. The second-order valence-electron chi connectivity index (χ2n) is 18.1. The SMILES string of the molecule is CC/C=C\C/C=C\C/C=C\CCCCCCCCCC(=O)OCC(COC(=O)CCCCCCCCCCCCCCCCC)OC(=O)CCCCCCC/C=C\C/C=C\C/C=C\CC. The summed E-state index contributed by atoms with van der Waals surface area (Å²) in [4.78, 5) is 38.1. The Morgan fingerprint density at radius 3 is 0.938 bits per heavy atom. The molecule has 6 heteroatoms. The van der Waals surface area contributed by atoms with E-state index >= 15 is 0 Å². The van der Waals surface area contributed by atoms with E-state index in [1.165, 1.54) is 103 Å². The first-order valence-electron chi connectivity index (χ1n) is 27.4. The van der Waals surface area contributed by atoms with Crippen molar-refractivity contribution < 1.29 is 28.6 Å².